The highest BCUT2D eigenvalue weighted by Crippen LogP contribution is 2.26. The first-order valence-corrected chi connectivity index (χ1v) is 11.0. The molecule has 2 aromatic rings. The molecule has 0 unspecified atom stereocenters. The Hall–Kier alpha value is -1.96. The third-order valence-electron chi connectivity index (χ3n) is 5.66. The first kappa shape index (κ1) is 21.7. The van der Waals surface area contributed by atoms with Gasteiger partial charge in [-0.1, -0.05) is 6.92 Å². The number of aromatic nitrogens is 1. The fourth-order valence-electron chi connectivity index (χ4n) is 3.72. The third kappa shape index (κ3) is 5.56. The molecule has 1 aliphatic heterocycles. The molecule has 0 aliphatic carbocycles. The molecule has 3 rings (SSSR count). The van der Waals surface area contributed by atoms with Crippen molar-refractivity contribution in [3.63, 3.8) is 0 Å². The van der Waals surface area contributed by atoms with E-state index < -0.39 is 0 Å². The smallest absolute Gasteiger partial charge is 0.173 e. The average Bonchev–Trinajstić information content (AvgIpc) is 2.74. The number of hydrogen-bond donors (Lipinski definition) is 2. The van der Waals surface area contributed by atoms with Gasteiger partial charge in [-0.15, -0.1) is 0 Å². The molecule has 1 aromatic carbocycles. The van der Waals surface area contributed by atoms with Gasteiger partial charge < -0.3 is 25.3 Å². The van der Waals surface area contributed by atoms with Crippen molar-refractivity contribution in [2.24, 2.45) is 0 Å². The van der Waals surface area contributed by atoms with E-state index in [1.54, 1.807) is 0 Å². The van der Waals surface area contributed by atoms with Crippen LogP contribution in [-0.4, -0.2) is 79.8 Å². The topological polar surface area (TPSA) is 46.7 Å². The van der Waals surface area contributed by atoms with Crippen molar-refractivity contribution in [2.45, 2.75) is 20.3 Å². The number of fused-ring (bicyclic) bond motifs is 1. The van der Waals surface area contributed by atoms with Crippen molar-refractivity contribution < 1.29 is 0 Å². The zero-order valence-corrected chi connectivity index (χ0v) is 19.0. The summed E-state index contributed by atoms with van der Waals surface area (Å²) in [6.07, 6.45) is 1.06. The minimum atomic E-state index is 0.747. The number of rotatable bonds is 7. The molecule has 6 nitrogen and oxygen atoms in total. The van der Waals surface area contributed by atoms with E-state index in [4.69, 9.17) is 17.2 Å². The fourth-order valence-corrected chi connectivity index (χ4v) is 3.93. The molecular formula is C22H34N6S. The van der Waals surface area contributed by atoms with Gasteiger partial charge in [0, 0.05) is 50.8 Å². The Bertz CT molecular complexity index is 831. The Balaban J connectivity index is 1.70. The maximum absolute atomic E-state index is 5.56. The minimum Gasteiger partial charge on any atom is -0.354 e. The van der Waals surface area contributed by atoms with Crippen LogP contribution in [0.15, 0.2) is 24.3 Å². The van der Waals surface area contributed by atoms with Gasteiger partial charge in [0.05, 0.1) is 5.52 Å². The number of hydrogen-bond acceptors (Lipinski definition) is 5. The monoisotopic (exact) mass is 414 g/mol. The zero-order chi connectivity index (χ0) is 20.8. The summed E-state index contributed by atoms with van der Waals surface area (Å²) in [5.41, 5.74) is 3.30. The maximum atomic E-state index is 5.56. The Kier molecular flexibility index (Phi) is 7.64. The van der Waals surface area contributed by atoms with E-state index in [2.05, 4.69) is 63.4 Å². The molecule has 1 fully saturated rings. The van der Waals surface area contributed by atoms with Crippen LogP contribution in [0.1, 0.15) is 18.9 Å². The predicted molar refractivity (Wildman–Crippen MR) is 128 cm³/mol. The molecule has 0 spiro atoms. The fraction of sp³-hybridized carbons (Fsp3) is 0.545. The van der Waals surface area contributed by atoms with Crippen LogP contribution >= 0.6 is 12.2 Å². The molecule has 0 atom stereocenters. The molecule has 1 aliphatic rings. The second-order valence-electron chi connectivity index (χ2n) is 7.76. The van der Waals surface area contributed by atoms with Crippen molar-refractivity contribution in [1.82, 2.24) is 20.1 Å². The Morgan fingerprint density at radius 2 is 1.97 bits per heavy atom. The van der Waals surface area contributed by atoms with Crippen molar-refractivity contribution >= 4 is 39.7 Å². The van der Waals surface area contributed by atoms with Crippen LogP contribution in [0, 0.1) is 6.92 Å². The first-order chi connectivity index (χ1) is 14.0. The molecule has 2 heterocycles. The molecule has 0 amide bonds. The Labute approximate surface area is 180 Å². The standard InChI is InChI=1S/C22H34N6S/c1-5-27-11-13-28(14-12-27)21-15-17(2)19-16-18(7-8-20(19)25-21)24-22(29)26(4)10-6-9-23-3/h7-8,15-16,23H,5-6,9-14H2,1-4H3,(H,24,29). The van der Waals surface area contributed by atoms with Crippen molar-refractivity contribution in [2.75, 3.05) is 70.1 Å². The molecule has 1 aromatic heterocycles. The second-order valence-corrected chi connectivity index (χ2v) is 8.15. The van der Waals surface area contributed by atoms with Gasteiger partial charge in [-0.25, -0.2) is 4.98 Å². The Morgan fingerprint density at radius 1 is 1.21 bits per heavy atom. The summed E-state index contributed by atoms with van der Waals surface area (Å²) >= 11 is 5.56. The lowest BCUT2D eigenvalue weighted by molar-refractivity contribution is 0.270. The third-order valence-corrected chi connectivity index (χ3v) is 6.08. The van der Waals surface area contributed by atoms with E-state index in [0.29, 0.717) is 0 Å². The largest absolute Gasteiger partial charge is 0.354 e. The highest BCUT2D eigenvalue weighted by Gasteiger charge is 2.18. The van der Waals surface area contributed by atoms with Gasteiger partial charge >= 0.3 is 0 Å². The molecule has 0 saturated carbocycles. The number of piperazine rings is 1. The lowest BCUT2D eigenvalue weighted by Crippen LogP contribution is -2.46. The van der Waals surface area contributed by atoms with Crippen LogP contribution in [0.5, 0.6) is 0 Å². The SMILES string of the molecule is CCN1CCN(c2cc(C)c3cc(NC(=S)N(C)CCCNC)ccc3n2)CC1. The summed E-state index contributed by atoms with van der Waals surface area (Å²) in [4.78, 5) is 11.9. The molecule has 0 radical (unpaired) electrons. The van der Waals surface area contributed by atoms with E-state index in [1.807, 2.05) is 14.1 Å². The predicted octanol–water partition coefficient (Wildman–Crippen LogP) is 2.92. The summed E-state index contributed by atoms with van der Waals surface area (Å²) in [7, 11) is 4.00. The van der Waals surface area contributed by atoms with Gasteiger partial charge in [-0.2, -0.15) is 0 Å². The highest BCUT2D eigenvalue weighted by molar-refractivity contribution is 7.80. The molecule has 158 valence electrons. The number of aryl methyl sites for hydroxylation is 1. The van der Waals surface area contributed by atoms with Crippen LogP contribution < -0.4 is 15.5 Å². The molecule has 2 N–H and O–H groups in total. The van der Waals surface area contributed by atoms with Crippen LogP contribution in [0.2, 0.25) is 0 Å². The first-order valence-electron chi connectivity index (χ1n) is 10.6. The zero-order valence-electron chi connectivity index (χ0n) is 18.2. The number of thiocarbonyl (C=S) groups is 1. The number of anilines is 2. The van der Waals surface area contributed by atoms with E-state index in [1.165, 1.54) is 10.9 Å². The van der Waals surface area contributed by atoms with Gasteiger partial charge in [0.15, 0.2) is 5.11 Å². The van der Waals surface area contributed by atoms with Crippen LogP contribution in [-0.2, 0) is 0 Å². The summed E-state index contributed by atoms with van der Waals surface area (Å²) < 4.78 is 0. The van der Waals surface area contributed by atoms with Crippen LogP contribution in [0.25, 0.3) is 10.9 Å². The van der Waals surface area contributed by atoms with E-state index in [-0.39, 0.29) is 0 Å². The van der Waals surface area contributed by atoms with Gasteiger partial charge in [-0.3, -0.25) is 0 Å². The van der Waals surface area contributed by atoms with Crippen LogP contribution in [0.4, 0.5) is 11.5 Å². The van der Waals surface area contributed by atoms with E-state index in [9.17, 15) is 0 Å². The van der Waals surface area contributed by atoms with E-state index >= 15 is 0 Å². The van der Waals surface area contributed by atoms with Crippen LogP contribution in [0.3, 0.4) is 0 Å². The van der Waals surface area contributed by atoms with Gasteiger partial charge in [0.2, 0.25) is 0 Å². The molecule has 7 heteroatoms. The van der Waals surface area contributed by atoms with Crippen molar-refractivity contribution in [3.05, 3.63) is 29.8 Å². The van der Waals surface area contributed by atoms with Gasteiger partial charge in [-0.05, 0) is 75.5 Å². The van der Waals surface area contributed by atoms with Crippen molar-refractivity contribution in [1.29, 1.82) is 0 Å². The summed E-state index contributed by atoms with van der Waals surface area (Å²) in [5, 5.41) is 8.46. The summed E-state index contributed by atoms with van der Waals surface area (Å²) in [6, 6.07) is 8.54. The second kappa shape index (κ2) is 10.2. The number of likely N-dealkylation sites (N-methyl/N-ethyl adjacent to an activating group) is 1. The quantitative estimate of drug-likeness (QED) is 0.534. The lowest BCUT2D eigenvalue weighted by Gasteiger charge is -2.35. The number of nitrogens with zero attached hydrogens (tertiary/aromatic N) is 4. The number of nitrogens with one attached hydrogen (secondary N) is 2. The maximum Gasteiger partial charge on any atom is 0.173 e. The molecular weight excluding hydrogens is 380 g/mol. The molecule has 0 bridgehead atoms. The van der Waals surface area contributed by atoms with Gasteiger partial charge in [0.25, 0.3) is 0 Å². The highest BCUT2D eigenvalue weighted by atomic mass is 32.1. The molecule has 29 heavy (non-hydrogen) atoms. The van der Waals surface area contributed by atoms with Crippen molar-refractivity contribution in [3.8, 4) is 0 Å². The van der Waals surface area contributed by atoms with Gasteiger partial charge in [0.1, 0.15) is 5.82 Å². The lowest BCUT2D eigenvalue weighted by atomic mass is 10.1. The minimum absolute atomic E-state index is 0.747. The molecule has 1 saturated heterocycles. The Morgan fingerprint density at radius 3 is 2.66 bits per heavy atom. The summed E-state index contributed by atoms with van der Waals surface area (Å²) in [5.74, 6) is 1.09. The summed E-state index contributed by atoms with van der Waals surface area (Å²) in [6.45, 7) is 11.7. The normalized spacial score (nSPS) is 15.0. The number of pyridine rings is 1. The average molecular weight is 415 g/mol. The van der Waals surface area contributed by atoms with E-state index in [0.717, 1.165) is 74.4 Å². The number of benzene rings is 1.